The molecule has 0 bridgehead atoms. The summed E-state index contributed by atoms with van der Waals surface area (Å²) in [4.78, 5) is 13.4. The number of pyridine rings is 3. The van der Waals surface area contributed by atoms with Gasteiger partial charge in [0.05, 0.1) is 10.9 Å². The lowest BCUT2D eigenvalue weighted by Gasteiger charge is -2.05. The van der Waals surface area contributed by atoms with E-state index < -0.39 is 0 Å². The maximum atomic E-state index is 5.83. The predicted molar refractivity (Wildman–Crippen MR) is 90.0 cm³/mol. The third-order valence-electron chi connectivity index (χ3n) is 4.03. The number of fused-ring (bicyclic) bond motifs is 4. The fraction of sp³-hybridized carbons (Fsp3) is 0. The molecular formula is C19H11N3O. The fourth-order valence-electron chi connectivity index (χ4n) is 2.97. The van der Waals surface area contributed by atoms with E-state index in [0.717, 1.165) is 38.5 Å². The number of rotatable bonds is 1. The molecule has 0 saturated heterocycles. The lowest BCUT2D eigenvalue weighted by Crippen LogP contribution is -1.85. The van der Waals surface area contributed by atoms with E-state index in [4.69, 9.17) is 4.42 Å². The van der Waals surface area contributed by atoms with Gasteiger partial charge in [-0.2, -0.15) is 0 Å². The van der Waals surface area contributed by atoms with Crippen LogP contribution in [0.2, 0.25) is 0 Å². The van der Waals surface area contributed by atoms with Crippen LogP contribution in [0.3, 0.4) is 0 Å². The van der Waals surface area contributed by atoms with Gasteiger partial charge in [0.15, 0.2) is 5.58 Å². The van der Waals surface area contributed by atoms with Crippen LogP contribution in [0.15, 0.2) is 71.5 Å². The van der Waals surface area contributed by atoms with Gasteiger partial charge < -0.3 is 4.42 Å². The van der Waals surface area contributed by atoms with Crippen LogP contribution < -0.4 is 0 Å². The van der Waals surface area contributed by atoms with Gasteiger partial charge in [-0.3, -0.25) is 9.97 Å². The Morgan fingerprint density at radius 2 is 1.65 bits per heavy atom. The number of nitrogens with zero attached hydrogens (tertiary/aromatic N) is 3. The molecule has 0 radical (unpaired) electrons. The van der Waals surface area contributed by atoms with Crippen LogP contribution in [-0.4, -0.2) is 15.0 Å². The molecule has 23 heavy (non-hydrogen) atoms. The average molecular weight is 297 g/mol. The van der Waals surface area contributed by atoms with Gasteiger partial charge in [-0.05, 0) is 24.3 Å². The van der Waals surface area contributed by atoms with Crippen LogP contribution in [-0.2, 0) is 0 Å². The average Bonchev–Trinajstić information content (AvgIpc) is 2.99. The second-order valence-corrected chi connectivity index (χ2v) is 5.41. The van der Waals surface area contributed by atoms with Crippen LogP contribution >= 0.6 is 0 Å². The maximum Gasteiger partial charge on any atom is 0.228 e. The topological polar surface area (TPSA) is 51.8 Å². The van der Waals surface area contributed by atoms with Crippen molar-refractivity contribution >= 4 is 33.1 Å². The molecule has 4 nitrogen and oxygen atoms in total. The zero-order chi connectivity index (χ0) is 15.2. The molecule has 4 heterocycles. The summed E-state index contributed by atoms with van der Waals surface area (Å²) in [5, 5.41) is 2.04. The molecular weight excluding hydrogens is 286 g/mol. The summed E-state index contributed by atoms with van der Waals surface area (Å²) in [5.41, 5.74) is 5.19. The van der Waals surface area contributed by atoms with E-state index in [9.17, 15) is 0 Å². The molecule has 1 aromatic carbocycles. The minimum Gasteiger partial charge on any atom is -0.436 e. The molecule has 0 saturated carbocycles. The van der Waals surface area contributed by atoms with Crippen molar-refractivity contribution in [3.8, 4) is 11.1 Å². The van der Waals surface area contributed by atoms with E-state index in [1.807, 2.05) is 42.7 Å². The summed E-state index contributed by atoms with van der Waals surface area (Å²) >= 11 is 0. The Morgan fingerprint density at radius 1 is 0.783 bits per heavy atom. The summed E-state index contributed by atoms with van der Waals surface area (Å²) in [7, 11) is 0. The fourth-order valence-corrected chi connectivity index (χ4v) is 2.97. The van der Waals surface area contributed by atoms with E-state index in [1.165, 1.54) is 0 Å². The molecule has 0 unspecified atom stereocenters. The normalized spacial score (nSPS) is 11.5. The second kappa shape index (κ2) is 4.61. The van der Waals surface area contributed by atoms with Gasteiger partial charge in [0.25, 0.3) is 0 Å². The van der Waals surface area contributed by atoms with Gasteiger partial charge in [0.2, 0.25) is 5.71 Å². The molecule has 0 fully saturated rings. The van der Waals surface area contributed by atoms with E-state index in [1.54, 1.807) is 6.20 Å². The smallest absolute Gasteiger partial charge is 0.228 e. The van der Waals surface area contributed by atoms with E-state index >= 15 is 0 Å². The standard InChI is InChI=1S/C19H11N3O/c1-4-12-5-2-8-20-17(12)14(6-1)13-10-16-18(22-11-13)15-7-3-9-21-19(15)23-16/h1-11H. The molecule has 5 rings (SSSR count). The maximum absolute atomic E-state index is 5.83. The van der Waals surface area contributed by atoms with Gasteiger partial charge in [-0.25, -0.2) is 4.98 Å². The zero-order valence-electron chi connectivity index (χ0n) is 12.1. The highest BCUT2D eigenvalue weighted by Crippen LogP contribution is 2.31. The second-order valence-electron chi connectivity index (χ2n) is 5.41. The number of hydrogen-bond donors (Lipinski definition) is 0. The van der Waals surface area contributed by atoms with Crippen molar-refractivity contribution in [1.82, 2.24) is 15.0 Å². The number of para-hydroxylation sites is 1. The molecule has 4 aromatic heterocycles. The van der Waals surface area contributed by atoms with Gasteiger partial charge in [-0.1, -0.05) is 24.3 Å². The molecule has 0 N–H and O–H groups in total. The van der Waals surface area contributed by atoms with Crippen molar-refractivity contribution in [2.45, 2.75) is 0 Å². The van der Waals surface area contributed by atoms with Crippen LogP contribution in [0.1, 0.15) is 0 Å². The molecule has 0 aliphatic rings. The lowest BCUT2D eigenvalue weighted by molar-refractivity contribution is 0.653. The van der Waals surface area contributed by atoms with Gasteiger partial charge in [0, 0.05) is 35.1 Å². The molecule has 0 aliphatic heterocycles. The Morgan fingerprint density at radius 3 is 2.65 bits per heavy atom. The third-order valence-corrected chi connectivity index (χ3v) is 4.03. The Bertz CT molecular complexity index is 1170. The Kier molecular flexibility index (Phi) is 2.46. The van der Waals surface area contributed by atoms with Gasteiger partial charge in [0.1, 0.15) is 5.52 Å². The molecule has 0 amide bonds. The molecule has 0 spiro atoms. The predicted octanol–water partition coefficient (Wildman–Crippen LogP) is 4.59. The minimum atomic E-state index is 0.614. The van der Waals surface area contributed by atoms with Crippen molar-refractivity contribution in [1.29, 1.82) is 0 Å². The first kappa shape index (κ1) is 12.3. The summed E-state index contributed by atoms with van der Waals surface area (Å²) in [6.07, 6.45) is 5.40. The van der Waals surface area contributed by atoms with Crippen molar-refractivity contribution in [2.24, 2.45) is 0 Å². The van der Waals surface area contributed by atoms with E-state index in [-0.39, 0.29) is 0 Å². The highest BCUT2D eigenvalue weighted by atomic mass is 16.3. The first-order valence-corrected chi connectivity index (χ1v) is 7.37. The molecule has 4 heteroatoms. The van der Waals surface area contributed by atoms with E-state index in [0.29, 0.717) is 5.71 Å². The quantitative estimate of drug-likeness (QED) is 0.454. The Hall–Kier alpha value is -3.27. The first-order valence-electron chi connectivity index (χ1n) is 7.37. The molecule has 0 atom stereocenters. The highest BCUT2D eigenvalue weighted by Gasteiger charge is 2.11. The monoisotopic (exact) mass is 297 g/mol. The van der Waals surface area contributed by atoms with Crippen molar-refractivity contribution < 1.29 is 4.42 Å². The molecule has 0 aliphatic carbocycles. The zero-order valence-corrected chi connectivity index (χ0v) is 12.1. The van der Waals surface area contributed by atoms with Crippen LogP contribution in [0, 0.1) is 0 Å². The van der Waals surface area contributed by atoms with E-state index in [2.05, 4.69) is 33.2 Å². The SMILES string of the molecule is c1cnc2c(-c3cnc4c(c3)oc3ncccc34)cccc2c1. The van der Waals surface area contributed by atoms with Crippen molar-refractivity contribution in [3.63, 3.8) is 0 Å². The summed E-state index contributed by atoms with van der Waals surface area (Å²) < 4.78 is 5.83. The lowest BCUT2D eigenvalue weighted by atomic mass is 10.0. The number of benzene rings is 1. The summed E-state index contributed by atoms with van der Waals surface area (Å²) in [6, 6.07) is 16.0. The highest BCUT2D eigenvalue weighted by molar-refractivity contribution is 6.02. The van der Waals surface area contributed by atoms with Crippen LogP contribution in [0.5, 0.6) is 0 Å². The molecule has 108 valence electrons. The third kappa shape index (κ3) is 1.82. The Labute approximate surface area is 131 Å². The summed E-state index contributed by atoms with van der Waals surface area (Å²) in [5.74, 6) is 0. The first-order chi connectivity index (χ1) is 11.4. The number of hydrogen-bond acceptors (Lipinski definition) is 4. The van der Waals surface area contributed by atoms with Crippen molar-refractivity contribution in [3.05, 3.63) is 67.1 Å². The number of furan rings is 1. The minimum absolute atomic E-state index is 0.614. The Balaban J connectivity index is 1.81. The van der Waals surface area contributed by atoms with Crippen LogP contribution in [0.25, 0.3) is 44.2 Å². The largest absolute Gasteiger partial charge is 0.436 e. The van der Waals surface area contributed by atoms with Gasteiger partial charge >= 0.3 is 0 Å². The number of aromatic nitrogens is 3. The molecule has 5 aromatic rings. The summed E-state index contributed by atoms with van der Waals surface area (Å²) in [6.45, 7) is 0. The van der Waals surface area contributed by atoms with Crippen molar-refractivity contribution in [2.75, 3.05) is 0 Å². The van der Waals surface area contributed by atoms with Crippen LogP contribution in [0.4, 0.5) is 0 Å². The van der Waals surface area contributed by atoms with Gasteiger partial charge in [-0.15, -0.1) is 0 Å².